The molecule has 6 aromatic rings. The molecule has 3 aromatic heterocycles. The van der Waals surface area contributed by atoms with Crippen LogP contribution in [-0.2, 0) is 11.1 Å². The first-order valence-corrected chi connectivity index (χ1v) is 20.2. The van der Waals surface area contributed by atoms with Crippen molar-refractivity contribution in [2.75, 3.05) is 60.6 Å². The van der Waals surface area contributed by atoms with Crippen LogP contribution in [0.4, 0.5) is 31.8 Å². The normalized spacial score (nSPS) is 13.8. The quantitative estimate of drug-likeness (QED) is 0.107. The molecule has 0 spiro atoms. The summed E-state index contributed by atoms with van der Waals surface area (Å²) >= 11 is -2.06. The van der Waals surface area contributed by atoms with E-state index in [9.17, 15) is 22.3 Å². The first-order valence-electron chi connectivity index (χ1n) is 18.9. The van der Waals surface area contributed by atoms with Crippen molar-refractivity contribution in [2.24, 2.45) is 0 Å². The molecule has 16 heteroatoms. The Kier molecular flexibility index (Phi) is 12.3. The summed E-state index contributed by atoms with van der Waals surface area (Å²) in [5.74, 6) is -1.29. The maximum Gasteiger partial charge on any atom is 0.259 e. The first kappa shape index (κ1) is 40.2. The maximum atomic E-state index is 14.6. The molecule has 1 fully saturated rings. The van der Waals surface area contributed by atoms with Gasteiger partial charge in [0.25, 0.3) is 5.91 Å². The molecule has 0 radical (unpaired) electrons. The second-order valence-corrected chi connectivity index (χ2v) is 15.0. The number of benzene rings is 3. The zero-order chi connectivity index (χ0) is 40.9. The molecular formula is C42H43F2N8O5S-. The van der Waals surface area contributed by atoms with Gasteiger partial charge in [0.1, 0.15) is 34.5 Å². The summed E-state index contributed by atoms with van der Waals surface area (Å²) in [5.41, 5.74) is 5.01. The van der Waals surface area contributed by atoms with Gasteiger partial charge in [-0.05, 0) is 87.9 Å². The Bertz CT molecular complexity index is 2450. The number of aryl methyl sites for hydroxylation is 1. The lowest BCUT2D eigenvalue weighted by Crippen LogP contribution is -2.47. The Balaban J connectivity index is 1.22. The van der Waals surface area contributed by atoms with Gasteiger partial charge in [-0.15, -0.1) is 0 Å². The Morgan fingerprint density at radius 2 is 1.74 bits per heavy atom. The van der Waals surface area contributed by atoms with Crippen LogP contribution < -0.4 is 25.0 Å². The highest BCUT2D eigenvalue weighted by molar-refractivity contribution is 7.79. The summed E-state index contributed by atoms with van der Waals surface area (Å²) < 4.78 is 65.3. The van der Waals surface area contributed by atoms with Gasteiger partial charge in [-0.1, -0.05) is 23.2 Å². The monoisotopic (exact) mass is 809 g/mol. The highest BCUT2D eigenvalue weighted by Gasteiger charge is 2.24. The minimum atomic E-state index is -2.06. The molecule has 13 nitrogen and oxygen atoms in total. The number of hydrogen-bond acceptors (Lipinski definition) is 11. The van der Waals surface area contributed by atoms with Gasteiger partial charge in [0.2, 0.25) is 5.95 Å². The number of carbonyl (C=O) groups is 1. The number of fused-ring (bicyclic) bond motifs is 1. The number of carbonyl (C=O) groups excluding carboxylic acids is 1. The van der Waals surface area contributed by atoms with Crippen molar-refractivity contribution in [3.05, 3.63) is 108 Å². The molecule has 58 heavy (non-hydrogen) atoms. The van der Waals surface area contributed by atoms with Crippen molar-refractivity contribution < 1.29 is 31.8 Å². The molecule has 1 atom stereocenters. The van der Waals surface area contributed by atoms with Crippen LogP contribution in [0.1, 0.15) is 36.7 Å². The summed E-state index contributed by atoms with van der Waals surface area (Å²) in [6, 6.07) is 19.7. The molecule has 1 unspecified atom stereocenters. The van der Waals surface area contributed by atoms with Crippen LogP contribution in [0, 0.1) is 18.6 Å². The van der Waals surface area contributed by atoms with Crippen molar-refractivity contribution in [3.8, 4) is 34.1 Å². The fourth-order valence-electron chi connectivity index (χ4n) is 6.93. The number of nitrogens with zero attached hydrogens (tertiary/aromatic N) is 6. The van der Waals surface area contributed by atoms with Crippen LogP contribution in [0.15, 0.2) is 85.2 Å². The smallest absolute Gasteiger partial charge is 0.259 e. The Labute approximate surface area is 337 Å². The number of rotatable bonds is 14. The van der Waals surface area contributed by atoms with Crippen molar-refractivity contribution >= 4 is 45.6 Å². The largest absolute Gasteiger partial charge is 0.772 e. The van der Waals surface area contributed by atoms with E-state index in [1.165, 1.54) is 6.07 Å². The second kappa shape index (κ2) is 17.7. The zero-order valence-electron chi connectivity index (χ0n) is 32.5. The van der Waals surface area contributed by atoms with E-state index < -0.39 is 34.3 Å². The van der Waals surface area contributed by atoms with Gasteiger partial charge in [-0.3, -0.25) is 18.3 Å². The molecule has 0 bridgehead atoms. The average Bonchev–Trinajstić information content (AvgIpc) is 3.59. The predicted octanol–water partition coefficient (Wildman–Crippen LogP) is 7.23. The van der Waals surface area contributed by atoms with Crippen molar-refractivity contribution in [1.29, 1.82) is 0 Å². The van der Waals surface area contributed by atoms with E-state index in [-0.39, 0.29) is 23.2 Å². The lowest BCUT2D eigenvalue weighted by molar-refractivity contribution is 0.102. The van der Waals surface area contributed by atoms with Crippen LogP contribution in [-0.4, -0.2) is 90.1 Å². The van der Waals surface area contributed by atoms with Crippen molar-refractivity contribution in [2.45, 2.75) is 33.8 Å². The number of imidazole rings is 1. The molecule has 0 saturated carbocycles. The summed E-state index contributed by atoms with van der Waals surface area (Å²) in [7, 11) is 0. The zero-order valence-corrected chi connectivity index (χ0v) is 33.3. The summed E-state index contributed by atoms with van der Waals surface area (Å²) in [6.07, 6.45) is 3.21. The van der Waals surface area contributed by atoms with Crippen molar-refractivity contribution in [3.63, 3.8) is 0 Å². The molecule has 2 N–H and O–H groups in total. The third-order valence-corrected chi connectivity index (χ3v) is 10.1. The minimum Gasteiger partial charge on any atom is -0.772 e. The van der Waals surface area contributed by atoms with Gasteiger partial charge in [0.05, 0.1) is 41.0 Å². The van der Waals surface area contributed by atoms with Crippen LogP contribution in [0.25, 0.3) is 28.3 Å². The SMILES string of the molecule is CCOc1cc(N2CCN(CCS(=O)[O-])CC2)c(C)cc1Nc1nccc(-c2c(-c3ccc(OC(C)C)c(C(=O)Nc4c(F)cccc4F)c3)nc3ccccn23)n1. The fraction of sp³-hybridized carbons (Fsp3) is 0.286. The van der Waals surface area contributed by atoms with Gasteiger partial charge < -0.3 is 29.6 Å². The summed E-state index contributed by atoms with van der Waals surface area (Å²) in [4.78, 5) is 32.6. The number of aromatic nitrogens is 4. The lowest BCUT2D eigenvalue weighted by atomic mass is 10.0. The number of piperazine rings is 1. The van der Waals surface area contributed by atoms with E-state index in [1.807, 2.05) is 68.6 Å². The predicted molar refractivity (Wildman–Crippen MR) is 220 cm³/mol. The Hall–Kier alpha value is -5.97. The number of halogens is 2. The average molecular weight is 810 g/mol. The molecule has 0 aliphatic carbocycles. The number of hydrogen-bond donors (Lipinski definition) is 2. The highest BCUT2D eigenvalue weighted by atomic mass is 32.2. The maximum absolute atomic E-state index is 14.6. The standard InChI is InChI=1S/C42H44F2N8O5S/c1-5-56-36-25-34(51-19-17-50(18-20-51)21-22-58(54)55)27(4)23-33(36)47-42-45-15-14-32(46-42)40-38(48-37-11-6-7-16-52(37)40)28-12-13-35(57-26(2)3)29(24-28)41(53)49-39-30(43)9-8-10-31(39)44/h6-16,23-26H,5,17-22H2,1-4H3,(H,49,53)(H,54,55)(H,45,46,47)/p-1. The van der Waals surface area contributed by atoms with Gasteiger partial charge >= 0.3 is 0 Å². The van der Waals surface area contributed by atoms with Gasteiger partial charge in [0.15, 0.2) is 0 Å². The first-order chi connectivity index (χ1) is 28.0. The number of para-hydroxylation sites is 1. The molecule has 3 aromatic carbocycles. The van der Waals surface area contributed by atoms with Gasteiger partial charge in [-0.2, -0.15) is 0 Å². The molecule has 1 aliphatic rings. The van der Waals surface area contributed by atoms with E-state index in [1.54, 1.807) is 30.5 Å². The lowest BCUT2D eigenvalue weighted by Gasteiger charge is -2.37. The van der Waals surface area contributed by atoms with Crippen LogP contribution in [0.2, 0.25) is 0 Å². The molecule has 4 heterocycles. The van der Waals surface area contributed by atoms with Crippen LogP contribution in [0.5, 0.6) is 11.5 Å². The fourth-order valence-corrected chi connectivity index (χ4v) is 7.34. The second-order valence-electron chi connectivity index (χ2n) is 14.0. The van der Waals surface area contributed by atoms with E-state index in [0.717, 1.165) is 49.6 Å². The Morgan fingerprint density at radius 1 is 0.966 bits per heavy atom. The Morgan fingerprint density at radius 3 is 2.47 bits per heavy atom. The molecule has 1 aliphatic heterocycles. The third-order valence-electron chi connectivity index (χ3n) is 9.62. The van der Waals surface area contributed by atoms with E-state index >= 15 is 0 Å². The highest BCUT2D eigenvalue weighted by Crippen LogP contribution is 2.38. The molecule has 7 rings (SSSR count). The molecular weight excluding hydrogens is 767 g/mol. The summed E-state index contributed by atoms with van der Waals surface area (Å²) in [5, 5.41) is 5.74. The van der Waals surface area contributed by atoms with Crippen LogP contribution >= 0.6 is 0 Å². The van der Waals surface area contributed by atoms with Crippen molar-refractivity contribution in [1.82, 2.24) is 24.3 Å². The van der Waals surface area contributed by atoms with E-state index in [2.05, 4.69) is 25.4 Å². The van der Waals surface area contributed by atoms with Gasteiger partial charge in [0, 0.05) is 68.2 Å². The van der Waals surface area contributed by atoms with E-state index in [4.69, 9.17) is 19.4 Å². The van der Waals surface area contributed by atoms with Crippen LogP contribution in [0.3, 0.4) is 0 Å². The molecule has 1 amide bonds. The number of amides is 1. The molecule has 302 valence electrons. The topological polar surface area (TPSA) is 149 Å². The molecule has 1 saturated heterocycles. The number of ether oxygens (including phenoxy) is 2. The number of anilines is 4. The van der Waals surface area contributed by atoms with E-state index in [0.29, 0.717) is 58.8 Å². The van der Waals surface area contributed by atoms with Gasteiger partial charge in [-0.25, -0.2) is 23.7 Å². The number of pyridine rings is 1. The number of nitrogens with one attached hydrogen (secondary N) is 2. The minimum absolute atomic E-state index is 0.0583. The summed E-state index contributed by atoms with van der Waals surface area (Å²) in [6.45, 7) is 11.5. The third kappa shape index (κ3) is 8.93.